The minimum Gasteiger partial charge on any atom is -0.382 e. The van der Waals surface area contributed by atoms with E-state index in [1.165, 1.54) is 6.07 Å². The summed E-state index contributed by atoms with van der Waals surface area (Å²) in [6.45, 7) is 5.36. The molecule has 0 aliphatic heterocycles. The number of rotatable bonds is 10. The Hall–Kier alpha value is -0.690. The summed E-state index contributed by atoms with van der Waals surface area (Å²) in [5.74, 6) is -0.273. The van der Waals surface area contributed by atoms with Gasteiger partial charge in [0.2, 0.25) is 0 Å². The van der Waals surface area contributed by atoms with Crippen LogP contribution in [0.25, 0.3) is 0 Å². The van der Waals surface area contributed by atoms with Gasteiger partial charge in [-0.2, -0.15) is 0 Å². The molecular formula is C14H21BrFNO3. The Morgan fingerprint density at radius 1 is 1.10 bits per heavy atom. The van der Waals surface area contributed by atoms with Crippen LogP contribution in [-0.2, 0) is 14.2 Å². The molecule has 0 saturated heterocycles. The third kappa shape index (κ3) is 6.65. The molecule has 0 radical (unpaired) electrons. The Labute approximate surface area is 127 Å². The van der Waals surface area contributed by atoms with E-state index in [2.05, 4.69) is 21.2 Å². The van der Waals surface area contributed by atoms with Crippen LogP contribution in [0.15, 0.2) is 16.6 Å². The van der Waals surface area contributed by atoms with E-state index in [1.54, 1.807) is 13.2 Å². The minimum atomic E-state index is -0.273. The predicted octanol–water partition coefficient (Wildman–Crippen LogP) is 2.99. The van der Waals surface area contributed by atoms with Gasteiger partial charge in [-0.1, -0.05) is 0 Å². The summed E-state index contributed by atoms with van der Waals surface area (Å²) in [5.41, 5.74) is 1.77. The standard InChI is InChI=1S/C14H21BrFNO3/c1-11-9-12(15)13(16)10-14(11)17-3-4-19-7-8-20-6-5-18-2/h9-10,17H,3-8H2,1-2H3. The first-order valence-electron chi connectivity index (χ1n) is 6.49. The zero-order valence-corrected chi connectivity index (χ0v) is 13.5. The van der Waals surface area contributed by atoms with Gasteiger partial charge in [0.1, 0.15) is 5.82 Å². The summed E-state index contributed by atoms with van der Waals surface area (Å²) in [7, 11) is 1.64. The lowest BCUT2D eigenvalue weighted by molar-refractivity contribution is 0.0272. The van der Waals surface area contributed by atoms with Gasteiger partial charge in [-0.3, -0.25) is 0 Å². The van der Waals surface area contributed by atoms with E-state index in [0.717, 1.165) is 11.3 Å². The third-order valence-corrected chi connectivity index (χ3v) is 3.24. The Morgan fingerprint density at radius 3 is 2.45 bits per heavy atom. The van der Waals surface area contributed by atoms with Crippen molar-refractivity contribution in [2.45, 2.75) is 6.92 Å². The molecule has 0 amide bonds. The van der Waals surface area contributed by atoms with Gasteiger partial charge in [0, 0.05) is 19.3 Å². The van der Waals surface area contributed by atoms with Gasteiger partial charge in [0.25, 0.3) is 0 Å². The van der Waals surface area contributed by atoms with Gasteiger partial charge in [0.15, 0.2) is 0 Å². The van der Waals surface area contributed by atoms with E-state index >= 15 is 0 Å². The van der Waals surface area contributed by atoms with Crippen molar-refractivity contribution in [1.82, 2.24) is 0 Å². The largest absolute Gasteiger partial charge is 0.382 e. The van der Waals surface area contributed by atoms with Crippen molar-refractivity contribution in [2.24, 2.45) is 0 Å². The Bertz CT molecular complexity index is 404. The molecule has 1 N–H and O–H groups in total. The van der Waals surface area contributed by atoms with Gasteiger partial charge < -0.3 is 19.5 Å². The van der Waals surface area contributed by atoms with Crippen LogP contribution in [-0.4, -0.2) is 46.7 Å². The molecule has 0 saturated carbocycles. The molecular weight excluding hydrogens is 329 g/mol. The lowest BCUT2D eigenvalue weighted by atomic mass is 10.2. The molecule has 0 unspecified atom stereocenters. The number of benzene rings is 1. The van der Waals surface area contributed by atoms with Crippen molar-refractivity contribution >= 4 is 21.6 Å². The van der Waals surface area contributed by atoms with Crippen molar-refractivity contribution in [3.05, 3.63) is 28.0 Å². The summed E-state index contributed by atoms with van der Waals surface area (Å²) in [4.78, 5) is 0. The predicted molar refractivity (Wildman–Crippen MR) is 80.8 cm³/mol. The zero-order chi connectivity index (χ0) is 14.8. The van der Waals surface area contributed by atoms with Gasteiger partial charge in [0.05, 0.1) is 37.5 Å². The fraction of sp³-hybridized carbons (Fsp3) is 0.571. The summed E-state index contributed by atoms with van der Waals surface area (Å²) in [5, 5.41) is 3.15. The quantitative estimate of drug-likeness (QED) is 0.659. The van der Waals surface area contributed by atoms with Crippen molar-refractivity contribution in [2.75, 3.05) is 52.0 Å². The lowest BCUT2D eigenvalue weighted by Crippen LogP contribution is -2.14. The highest BCUT2D eigenvalue weighted by Gasteiger charge is 2.04. The van der Waals surface area contributed by atoms with E-state index in [9.17, 15) is 4.39 Å². The lowest BCUT2D eigenvalue weighted by Gasteiger charge is -2.11. The first-order chi connectivity index (χ1) is 9.65. The number of halogens is 2. The molecule has 6 heteroatoms. The van der Waals surface area contributed by atoms with Crippen molar-refractivity contribution in [3.8, 4) is 0 Å². The fourth-order valence-electron chi connectivity index (χ4n) is 1.56. The average Bonchev–Trinajstić information content (AvgIpc) is 2.42. The highest BCUT2D eigenvalue weighted by atomic mass is 79.9. The number of hydrogen-bond donors (Lipinski definition) is 1. The highest BCUT2D eigenvalue weighted by Crippen LogP contribution is 2.23. The number of methoxy groups -OCH3 is 1. The Kier molecular flexibility index (Phi) is 8.77. The van der Waals surface area contributed by atoms with Crippen LogP contribution in [0.3, 0.4) is 0 Å². The summed E-state index contributed by atoms with van der Waals surface area (Å²) >= 11 is 3.16. The second kappa shape index (κ2) is 10.1. The van der Waals surface area contributed by atoms with Gasteiger partial charge in [-0.15, -0.1) is 0 Å². The first kappa shape index (κ1) is 17.4. The normalized spacial score (nSPS) is 10.8. The van der Waals surface area contributed by atoms with Crippen LogP contribution < -0.4 is 5.32 Å². The maximum Gasteiger partial charge on any atom is 0.139 e. The van der Waals surface area contributed by atoms with Crippen LogP contribution in [0.1, 0.15) is 5.56 Å². The number of aryl methyl sites for hydroxylation is 1. The van der Waals surface area contributed by atoms with E-state index < -0.39 is 0 Å². The molecule has 0 fully saturated rings. The fourth-order valence-corrected chi connectivity index (χ4v) is 2.02. The molecule has 0 aromatic heterocycles. The molecule has 4 nitrogen and oxygen atoms in total. The smallest absolute Gasteiger partial charge is 0.139 e. The van der Waals surface area contributed by atoms with Crippen molar-refractivity contribution in [1.29, 1.82) is 0 Å². The Morgan fingerprint density at radius 2 is 1.75 bits per heavy atom. The van der Waals surface area contributed by atoms with E-state index in [-0.39, 0.29) is 5.82 Å². The highest BCUT2D eigenvalue weighted by molar-refractivity contribution is 9.10. The van der Waals surface area contributed by atoms with Crippen LogP contribution in [0.5, 0.6) is 0 Å². The third-order valence-electron chi connectivity index (χ3n) is 2.63. The molecule has 114 valence electrons. The van der Waals surface area contributed by atoms with E-state index in [0.29, 0.717) is 44.1 Å². The monoisotopic (exact) mass is 349 g/mol. The molecule has 1 rings (SSSR count). The molecule has 0 spiro atoms. The number of nitrogens with one attached hydrogen (secondary N) is 1. The summed E-state index contributed by atoms with van der Waals surface area (Å²) < 4.78 is 29.4. The number of ether oxygens (including phenoxy) is 3. The minimum absolute atomic E-state index is 0.273. The first-order valence-corrected chi connectivity index (χ1v) is 7.28. The average molecular weight is 350 g/mol. The number of anilines is 1. The molecule has 0 bridgehead atoms. The van der Waals surface area contributed by atoms with Crippen LogP contribution in [0.2, 0.25) is 0 Å². The molecule has 0 atom stereocenters. The molecule has 1 aromatic carbocycles. The molecule has 0 aliphatic rings. The molecule has 0 aliphatic carbocycles. The van der Waals surface area contributed by atoms with E-state index in [4.69, 9.17) is 14.2 Å². The second-order valence-corrected chi connectivity index (χ2v) is 5.08. The van der Waals surface area contributed by atoms with Gasteiger partial charge in [-0.25, -0.2) is 4.39 Å². The van der Waals surface area contributed by atoms with Gasteiger partial charge in [-0.05, 0) is 40.5 Å². The summed E-state index contributed by atoms with van der Waals surface area (Å²) in [6, 6.07) is 3.23. The van der Waals surface area contributed by atoms with Gasteiger partial charge >= 0.3 is 0 Å². The second-order valence-electron chi connectivity index (χ2n) is 4.23. The maximum atomic E-state index is 13.4. The van der Waals surface area contributed by atoms with Crippen LogP contribution in [0, 0.1) is 12.7 Å². The van der Waals surface area contributed by atoms with Crippen molar-refractivity contribution in [3.63, 3.8) is 0 Å². The van der Waals surface area contributed by atoms with Crippen LogP contribution >= 0.6 is 15.9 Å². The maximum absolute atomic E-state index is 13.4. The van der Waals surface area contributed by atoms with E-state index in [1.807, 2.05) is 6.92 Å². The summed E-state index contributed by atoms with van der Waals surface area (Å²) in [6.07, 6.45) is 0. The Balaban J connectivity index is 2.11. The molecule has 20 heavy (non-hydrogen) atoms. The van der Waals surface area contributed by atoms with Crippen molar-refractivity contribution < 1.29 is 18.6 Å². The number of hydrogen-bond acceptors (Lipinski definition) is 4. The topological polar surface area (TPSA) is 39.7 Å². The van der Waals surface area contributed by atoms with Crippen LogP contribution in [0.4, 0.5) is 10.1 Å². The SMILES string of the molecule is COCCOCCOCCNc1cc(F)c(Br)cc1C. The molecule has 0 heterocycles. The zero-order valence-electron chi connectivity index (χ0n) is 11.9. The molecule has 1 aromatic rings.